The summed E-state index contributed by atoms with van der Waals surface area (Å²) >= 11 is 6.48. The highest BCUT2D eigenvalue weighted by Crippen LogP contribution is 2.28. The van der Waals surface area contributed by atoms with Gasteiger partial charge in [0.25, 0.3) is 0 Å². The van der Waals surface area contributed by atoms with Crippen molar-refractivity contribution in [2.45, 2.75) is 26.3 Å². The minimum Gasteiger partial charge on any atom is -0.481 e. The standard InChI is InChI=1S/C17H19ClN2O2/c1-11-13-6-2-3-7-14(13)19-15(16(11)18)10-20-8-4-5-12(9-20)17(21)22/h2-3,6-7,12H,4-5,8-10H2,1H3,(H,21,22). The molecule has 0 aliphatic carbocycles. The van der Waals surface area contributed by atoms with Crippen molar-refractivity contribution in [3.8, 4) is 0 Å². The summed E-state index contributed by atoms with van der Waals surface area (Å²) in [5.74, 6) is -0.993. The zero-order valence-electron chi connectivity index (χ0n) is 12.6. The van der Waals surface area contributed by atoms with Crippen LogP contribution in [-0.2, 0) is 11.3 Å². The summed E-state index contributed by atoms with van der Waals surface area (Å²) in [6.07, 6.45) is 1.66. The fourth-order valence-electron chi connectivity index (χ4n) is 3.13. The minimum atomic E-state index is -0.710. The van der Waals surface area contributed by atoms with Crippen LogP contribution in [0.25, 0.3) is 10.9 Å². The van der Waals surface area contributed by atoms with E-state index < -0.39 is 5.97 Å². The van der Waals surface area contributed by atoms with E-state index in [1.807, 2.05) is 31.2 Å². The van der Waals surface area contributed by atoms with Crippen LogP contribution < -0.4 is 0 Å². The summed E-state index contributed by atoms with van der Waals surface area (Å²) in [7, 11) is 0. The van der Waals surface area contributed by atoms with Crippen LogP contribution in [0.3, 0.4) is 0 Å². The number of piperidine rings is 1. The van der Waals surface area contributed by atoms with Crippen LogP contribution in [0.2, 0.25) is 5.02 Å². The maximum atomic E-state index is 11.2. The molecule has 3 rings (SSSR count). The Morgan fingerprint density at radius 2 is 2.23 bits per heavy atom. The van der Waals surface area contributed by atoms with Gasteiger partial charge in [-0.15, -0.1) is 0 Å². The van der Waals surface area contributed by atoms with Gasteiger partial charge in [-0.05, 0) is 37.9 Å². The first-order chi connectivity index (χ1) is 10.6. The zero-order chi connectivity index (χ0) is 15.7. The quantitative estimate of drug-likeness (QED) is 0.941. The van der Waals surface area contributed by atoms with Gasteiger partial charge < -0.3 is 5.11 Å². The molecule has 0 radical (unpaired) electrons. The Morgan fingerprint density at radius 1 is 1.45 bits per heavy atom. The van der Waals surface area contributed by atoms with Crippen molar-refractivity contribution in [2.24, 2.45) is 5.92 Å². The predicted octanol–water partition coefficient (Wildman–Crippen LogP) is 3.49. The third-order valence-electron chi connectivity index (χ3n) is 4.37. The van der Waals surface area contributed by atoms with Gasteiger partial charge in [0.05, 0.1) is 22.2 Å². The third-order valence-corrected chi connectivity index (χ3v) is 4.88. The SMILES string of the molecule is Cc1c(Cl)c(CN2CCCC(C(=O)O)C2)nc2ccccc12. The summed E-state index contributed by atoms with van der Waals surface area (Å²) in [5, 5.41) is 11.0. The molecule has 1 N–H and O–H groups in total. The Balaban J connectivity index is 1.87. The monoisotopic (exact) mass is 318 g/mol. The summed E-state index contributed by atoms with van der Waals surface area (Å²) in [5.41, 5.74) is 2.81. The number of aliphatic carboxylic acids is 1. The average Bonchev–Trinajstić information content (AvgIpc) is 2.52. The number of benzene rings is 1. The van der Waals surface area contributed by atoms with Crippen molar-refractivity contribution in [2.75, 3.05) is 13.1 Å². The molecular formula is C17H19ClN2O2. The fourth-order valence-corrected chi connectivity index (χ4v) is 3.34. The van der Waals surface area contributed by atoms with Gasteiger partial charge in [-0.1, -0.05) is 29.8 Å². The zero-order valence-corrected chi connectivity index (χ0v) is 13.3. The molecule has 2 aromatic rings. The Morgan fingerprint density at radius 3 is 3.00 bits per heavy atom. The molecule has 1 aliphatic rings. The van der Waals surface area contributed by atoms with E-state index >= 15 is 0 Å². The molecular weight excluding hydrogens is 300 g/mol. The first kappa shape index (κ1) is 15.3. The molecule has 1 saturated heterocycles. The maximum absolute atomic E-state index is 11.2. The molecule has 0 amide bonds. The van der Waals surface area contributed by atoms with Crippen LogP contribution in [0.1, 0.15) is 24.1 Å². The Hall–Kier alpha value is -1.65. The molecule has 2 heterocycles. The van der Waals surface area contributed by atoms with E-state index in [0.29, 0.717) is 18.1 Å². The minimum absolute atomic E-state index is 0.283. The number of rotatable bonds is 3. The van der Waals surface area contributed by atoms with E-state index in [1.54, 1.807) is 0 Å². The number of aryl methyl sites for hydroxylation is 1. The molecule has 1 atom stereocenters. The summed E-state index contributed by atoms with van der Waals surface area (Å²) in [6.45, 7) is 4.08. The van der Waals surface area contributed by atoms with Gasteiger partial charge in [-0.2, -0.15) is 0 Å². The molecule has 1 aromatic carbocycles. The smallest absolute Gasteiger partial charge is 0.307 e. The fraction of sp³-hybridized carbons (Fsp3) is 0.412. The third kappa shape index (κ3) is 2.94. The van der Waals surface area contributed by atoms with Gasteiger partial charge in [0.15, 0.2) is 0 Å². The molecule has 22 heavy (non-hydrogen) atoms. The number of pyridine rings is 1. The van der Waals surface area contributed by atoms with Crippen molar-refractivity contribution in [1.82, 2.24) is 9.88 Å². The molecule has 1 fully saturated rings. The lowest BCUT2D eigenvalue weighted by atomic mass is 9.98. The van der Waals surface area contributed by atoms with Crippen LogP contribution >= 0.6 is 11.6 Å². The molecule has 4 nitrogen and oxygen atoms in total. The van der Waals surface area contributed by atoms with Crippen LogP contribution in [-0.4, -0.2) is 34.0 Å². The van der Waals surface area contributed by atoms with Gasteiger partial charge in [-0.25, -0.2) is 4.98 Å². The van der Waals surface area contributed by atoms with E-state index in [-0.39, 0.29) is 5.92 Å². The number of halogens is 1. The van der Waals surface area contributed by atoms with Gasteiger partial charge in [0, 0.05) is 18.5 Å². The number of fused-ring (bicyclic) bond motifs is 1. The van der Waals surface area contributed by atoms with E-state index in [4.69, 9.17) is 11.6 Å². The number of carbonyl (C=O) groups is 1. The average molecular weight is 319 g/mol. The number of hydrogen-bond acceptors (Lipinski definition) is 3. The van der Waals surface area contributed by atoms with E-state index in [1.165, 1.54) is 0 Å². The molecule has 1 aliphatic heterocycles. The molecule has 0 saturated carbocycles. The second kappa shape index (κ2) is 6.23. The predicted molar refractivity (Wildman–Crippen MR) is 87.1 cm³/mol. The lowest BCUT2D eigenvalue weighted by molar-refractivity contribution is -0.143. The lowest BCUT2D eigenvalue weighted by Crippen LogP contribution is -2.38. The molecule has 0 bridgehead atoms. The van der Waals surface area contributed by atoms with Crippen molar-refractivity contribution >= 4 is 28.5 Å². The van der Waals surface area contributed by atoms with E-state index in [9.17, 15) is 9.90 Å². The van der Waals surface area contributed by atoms with Crippen LogP contribution in [0, 0.1) is 12.8 Å². The number of carboxylic acid groups (broad SMARTS) is 1. The number of aromatic nitrogens is 1. The summed E-state index contributed by atoms with van der Waals surface area (Å²) < 4.78 is 0. The molecule has 1 aromatic heterocycles. The number of para-hydroxylation sites is 1. The second-order valence-corrected chi connectivity index (χ2v) is 6.31. The van der Waals surface area contributed by atoms with Gasteiger partial charge in [0.1, 0.15) is 0 Å². The lowest BCUT2D eigenvalue weighted by Gasteiger charge is -2.30. The van der Waals surface area contributed by atoms with E-state index in [2.05, 4.69) is 9.88 Å². The normalized spacial score (nSPS) is 19.5. The molecule has 5 heteroatoms. The highest BCUT2D eigenvalue weighted by molar-refractivity contribution is 6.32. The first-order valence-corrected chi connectivity index (χ1v) is 7.93. The number of likely N-dealkylation sites (tertiary alicyclic amines) is 1. The Kier molecular flexibility index (Phi) is 4.32. The molecule has 0 spiro atoms. The van der Waals surface area contributed by atoms with Crippen molar-refractivity contribution in [3.05, 3.63) is 40.5 Å². The van der Waals surface area contributed by atoms with Crippen LogP contribution in [0.4, 0.5) is 0 Å². The van der Waals surface area contributed by atoms with Crippen molar-refractivity contribution in [1.29, 1.82) is 0 Å². The largest absolute Gasteiger partial charge is 0.481 e. The molecule has 116 valence electrons. The van der Waals surface area contributed by atoms with E-state index in [0.717, 1.165) is 41.5 Å². The van der Waals surface area contributed by atoms with Gasteiger partial charge in [-0.3, -0.25) is 9.69 Å². The van der Waals surface area contributed by atoms with Crippen LogP contribution in [0.15, 0.2) is 24.3 Å². The topological polar surface area (TPSA) is 53.4 Å². The first-order valence-electron chi connectivity index (χ1n) is 7.55. The number of hydrogen-bond donors (Lipinski definition) is 1. The summed E-state index contributed by atoms with van der Waals surface area (Å²) in [6, 6.07) is 7.95. The van der Waals surface area contributed by atoms with Crippen LogP contribution in [0.5, 0.6) is 0 Å². The highest BCUT2D eigenvalue weighted by Gasteiger charge is 2.26. The number of carboxylic acids is 1. The maximum Gasteiger partial charge on any atom is 0.307 e. The van der Waals surface area contributed by atoms with Crippen molar-refractivity contribution < 1.29 is 9.90 Å². The Bertz CT molecular complexity index is 717. The van der Waals surface area contributed by atoms with Gasteiger partial charge >= 0.3 is 5.97 Å². The highest BCUT2D eigenvalue weighted by atomic mass is 35.5. The Labute approximate surface area is 134 Å². The van der Waals surface area contributed by atoms with Crippen molar-refractivity contribution in [3.63, 3.8) is 0 Å². The van der Waals surface area contributed by atoms with Gasteiger partial charge in [0.2, 0.25) is 0 Å². The molecule has 1 unspecified atom stereocenters. The summed E-state index contributed by atoms with van der Waals surface area (Å²) in [4.78, 5) is 18.0. The number of nitrogens with zero attached hydrogens (tertiary/aromatic N) is 2. The second-order valence-electron chi connectivity index (χ2n) is 5.93.